The van der Waals surface area contributed by atoms with Crippen molar-refractivity contribution < 1.29 is 49.0 Å². The molecule has 9 nitrogen and oxygen atoms in total. The van der Waals surface area contributed by atoms with Gasteiger partial charge in [0, 0.05) is 17.5 Å². The van der Waals surface area contributed by atoms with E-state index in [2.05, 4.69) is 0 Å². The lowest BCUT2D eigenvalue weighted by Crippen LogP contribution is -2.30. The van der Waals surface area contributed by atoms with Gasteiger partial charge in [-0.05, 0) is 23.8 Å². The SMILES string of the molecule is COc1cc(OC)c(/C=C/S(=O)(=O)Cc2ccc(OC)c(NS(=O)(=O)C(F)(F)F)c2)c(OC)c1. The predicted octanol–water partition coefficient (Wildman–Crippen LogP) is 3.57. The molecular weight excluding hydrogens is 503 g/mol. The van der Waals surface area contributed by atoms with Crippen LogP contribution in [-0.2, 0) is 25.6 Å². The lowest BCUT2D eigenvalue weighted by atomic mass is 10.1. The normalized spacial score (nSPS) is 12.4. The number of sulfonamides is 1. The molecule has 0 fully saturated rings. The Hall–Kier alpha value is -3.13. The molecule has 34 heavy (non-hydrogen) atoms. The second-order valence-electron chi connectivity index (χ2n) is 6.64. The number of ether oxygens (including phenoxy) is 4. The van der Waals surface area contributed by atoms with E-state index in [-0.39, 0.29) is 22.8 Å². The zero-order valence-electron chi connectivity index (χ0n) is 18.5. The van der Waals surface area contributed by atoms with Crippen LogP contribution in [0.1, 0.15) is 11.1 Å². The van der Waals surface area contributed by atoms with Crippen LogP contribution in [-0.4, -0.2) is 50.8 Å². The van der Waals surface area contributed by atoms with Gasteiger partial charge in [0.15, 0.2) is 9.84 Å². The van der Waals surface area contributed by atoms with E-state index in [1.54, 1.807) is 0 Å². The van der Waals surface area contributed by atoms with E-state index >= 15 is 0 Å². The minimum Gasteiger partial charge on any atom is -0.496 e. The molecule has 2 aromatic carbocycles. The minimum absolute atomic E-state index is 0.0129. The van der Waals surface area contributed by atoms with Gasteiger partial charge in [-0.3, -0.25) is 4.72 Å². The van der Waals surface area contributed by atoms with Crippen molar-refractivity contribution in [1.82, 2.24) is 0 Å². The third-order valence-corrected chi connectivity index (χ3v) is 6.76. The summed E-state index contributed by atoms with van der Waals surface area (Å²) in [5.41, 5.74) is -5.81. The number of alkyl halides is 3. The predicted molar refractivity (Wildman–Crippen MR) is 119 cm³/mol. The number of halogens is 3. The molecule has 0 aliphatic rings. The highest BCUT2D eigenvalue weighted by molar-refractivity contribution is 7.93. The molecule has 0 atom stereocenters. The molecular formula is C20H22F3NO8S2. The topological polar surface area (TPSA) is 117 Å². The van der Waals surface area contributed by atoms with Gasteiger partial charge in [-0.15, -0.1) is 0 Å². The van der Waals surface area contributed by atoms with Gasteiger partial charge < -0.3 is 18.9 Å². The molecule has 0 amide bonds. The maximum absolute atomic E-state index is 12.7. The molecule has 0 bridgehead atoms. The number of sulfone groups is 1. The first kappa shape index (κ1) is 27.1. The second-order valence-corrected chi connectivity index (χ2v) is 10.2. The summed E-state index contributed by atoms with van der Waals surface area (Å²) in [5.74, 6) is 0.0968. The first-order valence-electron chi connectivity index (χ1n) is 9.23. The molecule has 188 valence electrons. The van der Waals surface area contributed by atoms with E-state index in [9.17, 15) is 30.0 Å². The highest BCUT2D eigenvalue weighted by atomic mass is 32.2. The van der Waals surface area contributed by atoms with Gasteiger partial charge in [0.2, 0.25) is 0 Å². The third-order valence-electron chi connectivity index (χ3n) is 4.38. The van der Waals surface area contributed by atoms with Gasteiger partial charge in [-0.1, -0.05) is 6.07 Å². The maximum atomic E-state index is 12.7. The van der Waals surface area contributed by atoms with Crippen molar-refractivity contribution in [2.45, 2.75) is 11.3 Å². The van der Waals surface area contributed by atoms with E-state index in [1.807, 2.05) is 0 Å². The summed E-state index contributed by atoms with van der Waals surface area (Å²) >= 11 is 0. The first-order chi connectivity index (χ1) is 15.8. The first-order valence-corrected chi connectivity index (χ1v) is 12.4. The van der Waals surface area contributed by atoms with Crippen LogP contribution in [0.4, 0.5) is 18.9 Å². The summed E-state index contributed by atoms with van der Waals surface area (Å²) in [7, 11) is -4.40. The van der Waals surface area contributed by atoms with E-state index in [0.29, 0.717) is 11.3 Å². The highest BCUT2D eigenvalue weighted by Crippen LogP contribution is 2.36. The van der Waals surface area contributed by atoms with Crippen molar-refractivity contribution in [3.8, 4) is 23.0 Å². The van der Waals surface area contributed by atoms with Crippen molar-refractivity contribution in [2.75, 3.05) is 33.2 Å². The largest absolute Gasteiger partial charge is 0.516 e. The Bertz CT molecular complexity index is 1250. The molecule has 1 N–H and O–H groups in total. The molecule has 0 saturated carbocycles. The Balaban J connectivity index is 2.38. The fourth-order valence-electron chi connectivity index (χ4n) is 2.78. The van der Waals surface area contributed by atoms with Crippen LogP contribution in [0.5, 0.6) is 23.0 Å². The monoisotopic (exact) mass is 525 g/mol. The summed E-state index contributed by atoms with van der Waals surface area (Å²) in [6.45, 7) is 0. The molecule has 0 radical (unpaired) electrons. The molecule has 2 aromatic rings. The molecule has 14 heteroatoms. The van der Waals surface area contributed by atoms with Crippen LogP contribution < -0.4 is 23.7 Å². The van der Waals surface area contributed by atoms with Crippen molar-refractivity contribution in [2.24, 2.45) is 0 Å². The van der Waals surface area contributed by atoms with Gasteiger partial charge in [0.05, 0.1) is 45.4 Å². The van der Waals surface area contributed by atoms with Crippen LogP contribution in [0.15, 0.2) is 35.7 Å². The summed E-state index contributed by atoms with van der Waals surface area (Å²) < 4.78 is 108. The van der Waals surface area contributed by atoms with Gasteiger partial charge in [-0.25, -0.2) is 8.42 Å². The molecule has 0 saturated heterocycles. The number of nitrogens with one attached hydrogen (secondary N) is 1. The van der Waals surface area contributed by atoms with Crippen molar-refractivity contribution in [1.29, 1.82) is 0 Å². The van der Waals surface area contributed by atoms with Crippen LogP contribution in [0.2, 0.25) is 0 Å². The average molecular weight is 526 g/mol. The lowest BCUT2D eigenvalue weighted by molar-refractivity contribution is -0.0429. The van der Waals surface area contributed by atoms with Gasteiger partial charge in [0.1, 0.15) is 23.0 Å². The molecule has 0 aliphatic carbocycles. The van der Waals surface area contributed by atoms with Crippen molar-refractivity contribution in [3.63, 3.8) is 0 Å². The third kappa shape index (κ3) is 6.47. The van der Waals surface area contributed by atoms with Gasteiger partial charge in [-0.2, -0.15) is 21.6 Å². The van der Waals surface area contributed by atoms with E-state index < -0.39 is 36.8 Å². The van der Waals surface area contributed by atoms with Gasteiger partial charge >= 0.3 is 15.5 Å². The Morgan fingerprint density at radius 2 is 1.41 bits per heavy atom. The van der Waals surface area contributed by atoms with Crippen LogP contribution in [0.25, 0.3) is 6.08 Å². The van der Waals surface area contributed by atoms with Crippen LogP contribution in [0.3, 0.4) is 0 Å². The fraction of sp³-hybridized carbons (Fsp3) is 0.300. The quantitative estimate of drug-likeness (QED) is 0.501. The van der Waals surface area contributed by atoms with Crippen molar-refractivity contribution in [3.05, 3.63) is 46.9 Å². The molecule has 2 rings (SSSR count). The van der Waals surface area contributed by atoms with Crippen molar-refractivity contribution >= 4 is 31.6 Å². The molecule has 0 heterocycles. The number of anilines is 1. The standard InChI is InChI=1S/C20H22F3NO8S2/c1-29-14-10-18(31-3)15(19(11-14)32-4)7-8-33(25,26)12-13-5-6-17(30-2)16(9-13)24-34(27,28)20(21,22)23/h5-11,24H,12H2,1-4H3/b8-7+. The second kappa shape index (κ2) is 10.4. The minimum atomic E-state index is -5.74. The Morgan fingerprint density at radius 3 is 1.88 bits per heavy atom. The molecule has 0 spiro atoms. The summed E-state index contributed by atoms with van der Waals surface area (Å²) in [6, 6.07) is 6.43. The average Bonchev–Trinajstić information content (AvgIpc) is 2.76. The smallest absolute Gasteiger partial charge is 0.496 e. The van der Waals surface area contributed by atoms with Crippen LogP contribution >= 0.6 is 0 Å². The highest BCUT2D eigenvalue weighted by Gasteiger charge is 2.46. The van der Waals surface area contributed by atoms with E-state index in [1.165, 1.54) is 50.3 Å². The maximum Gasteiger partial charge on any atom is 0.516 e. The number of rotatable bonds is 10. The summed E-state index contributed by atoms with van der Waals surface area (Å²) in [4.78, 5) is 0. The number of benzene rings is 2. The Kier molecular flexibility index (Phi) is 8.31. The Labute approximate surface area is 195 Å². The Morgan fingerprint density at radius 1 is 0.853 bits per heavy atom. The van der Waals surface area contributed by atoms with E-state index in [4.69, 9.17) is 18.9 Å². The van der Waals surface area contributed by atoms with Crippen LogP contribution in [0, 0.1) is 0 Å². The fourth-order valence-corrected chi connectivity index (χ4v) is 4.42. The number of methoxy groups -OCH3 is 4. The summed E-state index contributed by atoms with van der Waals surface area (Å²) in [5, 5.41) is 0.879. The lowest BCUT2D eigenvalue weighted by Gasteiger charge is -2.14. The van der Waals surface area contributed by atoms with E-state index in [0.717, 1.165) is 24.7 Å². The zero-order valence-corrected chi connectivity index (χ0v) is 20.1. The zero-order chi connectivity index (χ0) is 25.7. The van der Waals surface area contributed by atoms with Gasteiger partial charge in [0.25, 0.3) is 0 Å². The summed E-state index contributed by atoms with van der Waals surface area (Å²) in [6.07, 6.45) is 1.24. The molecule has 0 unspecified atom stereocenters. The molecule has 0 aliphatic heterocycles. The number of hydrogen-bond donors (Lipinski definition) is 1. The number of hydrogen-bond acceptors (Lipinski definition) is 8. The molecule has 0 aromatic heterocycles.